The van der Waals surface area contributed by atoms with Gasteiger partial charge in [0.05, 0.1) is 30.6 Å². The Bertz CT molecular complexity index is 651. The highest BCUT2D eigenvalue weighted by atomic mass is 16.5. The molecule has 2 atom stereocenters. The van der Waals surface area contributed by atoms with E-state index in [2.05, 4.69) is 10.3 Å². The third kappa shape index (κ3) is 2.41. The van der Waals surface area contributed by atoms with Crippen molar-refractivity contribution in [1.82, 2.24) is 24.5 Å². The van der Waals surface area contributed by atoms with Crippen molar-refractivity contribution in [1.29, 1.82) is 0 Å². The zero-order valence-electron chi connectivity index (χ0n) is 12.3. The van der Waals surface area contributed by atoms with Gasteiger partial charge in [-0.25, -0.2) is 4.68 Å². The maximum absolute atomic E-state index is 12.4. The fourth-order valence-corrected chi connectivity index (χ4v) is 3.31. The minimum absolute atomic E-state index is 0.0931. The summed E-state index contributed by atoms with van der Waals surface area (Å²) in [5.41, 5.74) is 0.989. The summed E-state index contributed by atoms with van der Waals surface area (Å²) >= 11 is 0. The highest BCUT2D eigenvalue weighted by Crippen LogP contribution is 2.30. The van der Waals surface area contributed by atoms with Crippen molar-refractivity contribution in [2.45, 2.75) is 38.1 Å². The van der Waals surface area contributed by atoms with Crippen LogP contribution in [0.3, 0.4) is 0 Å². The summed E-state index contributed by atoms with van der Waals surface area (Å²) in [6, 6.07) is 4.04. The molecular weight excluding hydrogens is 282 g/mol. The molecule has 0 bridgehead atoms. The second-order valence-corrected chi connectivity index (χ2v) is 5.89. The summed E-state index contributed by atoms with van der Waals surface area (Å²) in [6.45, 7) is 2.71. The van der Waals surface area contributed by atoms with E-state index in [1.165, 1.54) is 0 Å². The van der Waals surface area contributed by atoms with Gasteiger partial charge >= 0.3 is 0 Å². The van der Waals surface area contributed by atoms with E-state index in [1.54, 1.807) is 6.20 Å². The number of ether oxygens (including phenoxy) is 1. The van der Waals surface area contributed by atoms with Crippen LogP contribution in [-0.4, -0.2) is 49.6 Å². The molecule has 0 aliphatic carbocycles. The van der Waals surface area contributed by atoms with Gasteiger partial charge in [-0.3, -0.25) is 4.79 Å². The molecule has 0 saturated carbocycles. The first-order chi connectivity index (χ1) is 10.8. The standard InChI is InChI=1S/C15H19N5O2/c21-15(4-7-18-5-1-2-6-18)19-8-3-14-13(10-19)20-12(11-22-14)9-16-17-20/h1-2,5-6,9,13-14H,3-4,7-8,10-11H2/t13-,14-/m0/s1. The zero-order chi connectivity index (χ0) is 14.9. The number of aromatic nitrogens is 4. The molecule has 2 aromatic heterocycles. The van der Waals surface area contributed by atoms with Crippen LogP contribution in [0.5, 0.6) is 0 Å². The molecule has 7 nitrogen and oxygen atoms in total. The molecule has 2 aliphatic heterocycles. The maximum Gasteiger partial charge on any atom is 0.224 e. The predicted molar refractivity (Wildman–Crippen MR) is 77.9 cm³/mol. The Balaban J connectivity index is 1.41. The Morgan fingerprint density at radius 3 is 3.09 bits per heavy atom. The average molecular weight is 301 g/mol. The van der Waals surface area contributed by atoms with Crippen molar-refractivity contribution < 1.29 is 9.53 Å². The monoisotopic (exact) mass is 301 g/mol. The van der Waals surface area contributed by atoms with Crippen LogP contribution in [0, 0.1) is 0 Å². The molecule has 4 rings (SSSR count). The lowest BCUT2D eigenvalue weighted by atomic mass is 10.00. The molecule has 0 spiro atoms. The number of carbonyl (C=O) groups is 1. The fourth-order valence-electron chi connectivity index (χ4n) is 3.31. The Hall–Kier alpha value is -2.15. The van der Waals surface area contributed by atoms with Crippen LogP contribution in [0.25, 0.3) is 0 Å². The predicted octanol–water partition coefficient (Wildman–Crippen LogP) is 0.842. The lowest BCUT2D eigenvalue weighted by Gasteiger charge is -2.41. The normalized spacial score (nSPS) is 23.9. The summed E-state index contributed by atoms with van der Waals surface area (Å²) in [4.78, 5) is 14.4. The molecule has 2 aromatic rings. The van der Waals surface area contributed by atoms with Gasteiger partial charge in [0.15, 0.2) is 0 Å². The topological polar surface area (TPSA) is 65.2 Å². The zero-order valence-corrected chi connectivity index (χ0v) is 12.3. The maximum atomic E-state index is 12.4. The molecule has 22 heavy (non-hydrogen) atoms. The van der Waals surface area contributed by atoms with Gasteiger partial charge in [-0.15, -0.1) is 5.10 Å². The van der Waals surface area contributed by atoms with Crippen molar-refractivity contribution in [3.8, 4) is 0 Å². The minimum Gasteiger partial charge on any atom is -0.370 e. The summed E-state index contributed by atoms with van der Waals surface area (Å²) < 4.78 is 9.83. The molecule has 0 radical (unpaired) electrons. The third-order valence-electron chi connectivity index (χ3n) is 4.53. The largest absolute Gasteiger partial charge is 0.370 e. The molecule has 0 aromatic carbocycles. The number of carbonyl (C=O) groups excluding carboxylic acids is 1. The number of piperidine rings is 1. The Labute approximate surface area is 128 Å². The second kappa shape index (κ2) is 5.57. The minimum atomic E-state index is 0.0931. The van der Waals surface area contributed by atoms with Gasteiger partial charge in [-0.05, 0) is 18.6 Å². The van der Waals surface area contributed by atoms with Crippen molar-refractivity contribution in [2.75, 3.05) is 13.1 Å². The van der Waals surface area contributed by atoms with E-state index < -0.39 is 0 Å². The molecule has 1 saturated heterocycles. The van der Waals surface area contributed by atoms with Crippen LogP contribution in [0.2, 0.25) is 0 Å². The first-order valence-electron chi connectivity index (χ1n) is 7.70. The molecule has 0 N–H and O–H groups in total. The number of hydrogen-bond donors (Lipinski definition) is 0. The molecule has 0 unspecified atom stereocenters. The van der Waals surface area contributed by atoms with E-state index >= 15 is 0 Å². The number of rotatable bonds is 3. The van der Waals surface area contributed by atoms with Crippen LogP contribution < -0.4 is 0 Å². The molecule has 1 amide bonds. The van der Waals surface area contributed by atoms with Crippen LogP contribution in [0.4, 0.5) is 0 Å². The molecule has 7 heteroatoms. The van der Waals surface area contributed by atoms with E-state index in [-0.39, 0.29) is 18.1 Å². The first kappa shape index (κ1) is 13.5. The van der Waals surface area contributed by atoms with Gasteiger partial charge in [0.2, 0.25) is 5.91 Å². The smallest absolute Gasteiger partial charge is 0.224 e. The second-order valence-electron chi connectivity index (χ2n) is 5.89. The van der Waals surface area contributed by atoms with E-state index in [9.17, 15) is 4.79 Å². The van der Waals surface area contributed by atoms with E-state index in [0.29, 0.717) is 19.6 Å². The van der Waals surface area contributed by atoms with Crippen LogP contribution >= 0.6 is 0 Å². The van der Waals surface area contributed by atoms with E-state index in [4.69, 9.17) is 4.74 Å². The van der Waals surface area contributed by atoms with Crippen LogP contribution in [0.1, 0.15) is 24.6 Å². The summed E-state index contributed by atoms with van der Waals surface area (Å²) in [7, 11) is 0. The summed E-state index contributed by atoms with van der Waals surface area (Å²) in [6.07, 6.45) is 7.23. The number of nitrogens with zero attached hydrogens (tertiary/aromatic N) is 5. The molecule has 1 fully saturated rings. The van der Waals surface area contributed by atoms with Crippen LogP contribution in [-0.2, 0) is 22.7 Å². The summed E-state index contributed by atoms with van der Waals surface area (Å²) in [5, 5.41) is 8.13. The number of aryl methyl sites for hydroxylation is 1. The quantitative estimate of drug-likeness (QED) is 0.843. The van der Waals surface area contributed by atoms with Gasteiger partial charge < -0.3 is 14.2 Å². The lowest BCUT2D eigenvalue weighted by molar-refractivity contribution is -0.138. The first-order valence-corrected chi connectivity index (χ1v) is 7.70. The van der Waals surface area contributed by atoms with Gasteiger partial charge in [0, 0.05) is 38.4 Å². The van der Waals surface area contributed by atoms with Crippen molar-refractivity contribution in [2.24, 2.45) is 0 Å². The molecular formula is C15H19N5O2. The molecule has 2 aliphatic rings. The highest BCUT2D eigenvalue weighted by Gasteiger charge is 2.37. The van der Waals surface area contributed by atoms with Gasteiger partial charge in [0.1, 0.15) is 0 Å². The lowest BCUT2D eigenvalue weighted by Crippen LogP contribution is -2.50. The van der Waals surface area contributed by atoms with E-state index in [0.717, 1.165) is 25.2 Å². The number of hydrogen-bond acceptors (Lipinski definition) is 4. The Morgan fingerprint density at radius 1 is 1.36 bits per heavy atom. The van der Waals surface area contributed by atoms with Gasteiger partial charge in [-0.2, -0.15) is 0 Å². The highest BCUT2D eigenvalue weighted by molar-refractivity contribution is 5.76. The SMILES string of the molecule is O=C(CCn1cccc1)N1CC[C@@H]2OCc3cnnn3[C@H]2C1. The van der Waals surface area contributed by atoms with Crippen molar-refractivity contribution in [3.63, 3.8) is 0 Å². The van der Waals surface area contributed by atoms with Crippen molar-refractivity contribution in [3.05, 3.63) is 36.4 Å². The molecule has 4 heterocycles. The van der Waals surface area contributed by atoms with Crippen LogP contribution in [0.15, 0.2) is 30.7 Å². The summed E-state index contributed by atoms with van der Waals surface area (Å²) in [5.74, 6) is 0.194. The van der Waals surface area contributed by atoms with Crippen molar-refractivity contribution >= 4 is 5.91 Å². The third-order valence-corrected chi connectivity index (χ3v) is 4.53. The number of fused-ring (bicyclic) bond motifs is 3. The Kier molecular flexibility index (Phi) is 3.42. The fraction of sp³-hybridized carbons (Fsp3) is 0.533. The van der Waals surface area contributed by atoms with Gasteiger partial charge in [-0.1, -0.05) is 5.21 Å². The number of amides is 1. The molecule has 116 valence electrons. The van der Waals surface area contributed by atoms with E-state index in [1.807, 2.05) is 38.7 Å². The Morgan fingerprint density at radius 2 is 2.23 bits per heavy atom. The average Bonchev–Trinajstić information content (AvgIpc) is 3.23. The van der Waals surface area contributed by atoms with Gasteiger partial charge in [0.25, 0.3) is 0 Å². The number of likely N-dealkylation sites (tertiary alicyclic amines) is 1.